The van der Waals surface area contributed by atoms with Crippen LogP contribution in [-0.4, -0.2) is 23.1 Å². The highest BCUT2D eigenvalue weighted by Gasteiger charge is 2.25. The minimum Gasteiger partial charge on any atom is -0.252 e. The molecule has 0 amide bonds. The van der Waals surface area contributed by atoms with Crippen molar-refractivity contribution in [1.82, 2.24) is 10.4 Å². The van der Waals surface area contributed by atoms with Crippen LogP contribution in [0.4, 0.5) is 0 Å². The van der Waals surface area contributed by atoms with Crippen molar-refractivity contribution in [2.45, 2.75) is 77.9 Å². The lowest BCUT2D eigenvalue weighted by Gasteiger charge is -2.41. The molecule has 1 fully saturated rings. The van der Waals surface area contributed by atoms with Crippen molar-refractivity contribution in [2.75, 3.05) is 0 Å². The maximum absolute atomic E-state index is 3.74. The average molecular weight is 274 g/mol. The highest BCUT2D eigenvalue weighted by atomic mass is 15.5. The summed E-state index contributed by atoms with van der Waals surface area (Å²) in [6.45, 7) is 9.16. The molecule has 2 heteroatoms. The summed E-state index contributed by atoms with van der Waals surface area (Å²) < 4.78 is 0. The van der Waals surface area contributed by atoms with Crippen LogP contribution in [0.5, 0.6) is 0 Å². The number of hydrazine groups is 1. The molecule has 1 aliphatic heterocycles. The first-order chi connectivity index (χ1) is 9.56. The van der Waals surface area contributed by atoms with Gasteiger partial charge in [-0.15, -0.1) is 0 Å². The molecule has 0 aliphatic carbocycles. The van der Waals surface area contributed by atoms with E-state index >= 15 is 0 Å². The van der Waals surface area contributed by atoms with Gasteiger partial charge in [-0.3, -0.25) is 5.43 Å². The van der Waals surface area contributed by atoms with E-state index in [-0.39, 0.29) is 0 Å². The first-order valence-electron chi connectivity index (χ1n) is 8.16. The van der Waals surface area contributed by atoms with E-state index in [0.29, 0.717) is 18.1 Å². The molecule has 2 rings (SSSR count). The quantitative estimate of drug-likeness (QED) is 0.870. The molecule has 0 radical (unpaired) electrons. The molecule has 0 saturated carbocycles. The van der Waals surface area contributed by atoms with E-state index in [2.05, 4.69) is 62.4 Å². The first-order valence-corrected chi connectivity index (χ1v) is 8.16. The molecule has 1 heterocycles. The molecule has 2 nitrogen and oxygen atoms in total. The monoisotopic (exact) mass is 274 g/mol. The SMILES string of the molecule is Cc1cccc(CCC(C)NN2C(C)CCCC2C)c1. The Morgan fingerprint density at radius 3 is 2.60 bits per heavy atom. The van der Waals surface area contributed by atoms with Gasteiger partial charge in [-0.05, 0) is 58.9 Å². The van der Waals surface area contributed by atoms with E-state index in [1.807, 2.05) is 0 Å². The van der Waals surface area contributed by atoms with E-state index in [4.69, 9.17) is 0 Å². The molecular weight excluding hydrogens is 244 g/mol. The van der Waals surface area contributed by atoms with Gasteiger partial charge in [-0.1, -0.05) is 36.2 Å². The Hall–Kier alpha value is -0.860. The lowest BCUT2D eigenvalue weighted by molar-refractivity contribution is 0.0310. The predicted octanol–water partition coefficient (Wildman–Crippen LogP) is 4.08. The molecule has 3 unspecified atom stereocenters. The van der Waals surface area contributed by atoms with Crippen LogP contribution in [0.25, 0.3) is 0 Å². The van der Waals surface area contributed by atoms with E-state index in [1.54, 1.807) is 0 Å². The van der Waals surface area contributed by atoms with Crippen LogP contribution in [0.2, 0.25) is 0 Å². The van der Waals surface area contributed by atoms with E-state index in [1.165, 1.54) is 36.8 Å². The minimum absolute atomic E-state index is 0.540. The van der Waals surface area contributed by atoms with Gasteiger partial charge in [0.15, 0.2) is 0 Å². The van der Waals surface area contributed by atoms with Gasteiger partial charge in [-0.2, -0.15) is 0 Å². The summed E-state index contributed by atoms with van der Waals surface area (Å²) in [5.74, 6) is 0. The second-order valence-corrected chi connectivity index (χ2v) is 6.59. The molecule has 1 aromatic carbocycles. The molecule has 1 N–H and O–H groups in total. The molecule has 0 spiro atoms. The molecular formula is C18H30N2. The Bertz CT molecular complexity index is 406. The molecule has 3 atom stereocenters. The van der Waals surface area contributed by atoms with Crippen molar-refractivity contribution in [3.05, 3.63) is 35.4 Å². The second-order valence-electron chi connectivity index (χ2n) is 6.59. The Morgan fingerprint density at radius 1 is 1.25 bits per heavy atom. The number of benzene rings is 1. The van der Waals surface area contributed by atoms with Gasteiger partial charge in [0.25, 0.3) is 0 Å². The zero-order valence-electron chi connectivity index (χ0n) is 13.5. The summed E-state index contributed by atoms with van der Waals surface area (Å²) in [5.41, 5.74) is 6.56. The van der Waals surface area contributed by atoms with Crippen LogP contribution < -0.4 is 5.43 Å². The molecule has 1 aliphatic rings. The summed E-state index contributed by atoms with van der Waals surface area (Å²) in [6.07, 6.45) is 6.37. The first kappa shape index (κ1) is 15.5. The largest absolute Gasteiger partial charge is 0.252 e. The van der Waals surface area contributed by atoms with Crippen LogP contribution in [0.3, 0.4) is 0 Å². The Morgan fingerprint density at radius 2 is 1.95 bits per heavy atom. The molecule has 112 valence electrons. The van der Waals surface area contributed by atoms with Gasteiger partial charge in [-0.25, -0.2) is 5.01 Å². The van der Waals surface area contributed by atoms with Gasteiger partial charge in [0.2, 0.25) is 0 Å². The van der Waals surface area contributed by atoms with E-state index in [9.17, 15) is 0 Å². The highest BCUT2D eigenvalue weighted by Crippen LogP contribution is 2.21. The number of aryl methyl sites for hydroxylation is 2. The topological polar surface area (TPSA) is 15.3 Å². The maximum atomic E-state index is 3.74. The molecule has 20 heavy (non-hydrogen) atoms. The third kappa shape index (κ3) is 4.32. The van der Waals surface area contributed by atoms with Crippen molar-refractivity contribution >= 4 is 0 Å². The van der Waals surface area contributed by atoms with Crippen molar-refractivity contribution in [2.24, 2.45) is 0 Å². The summed E-state index contributed by atoms with van der Waals surface area (Å²) >= 11 is 0. The Balaban J connectivity index is 1.81. The van der Waals surface area contributed by atoms with Crippen LogP contribution in [0, 0.1) is 6.92 Å². The second kappa shape index (κ2) is 7.24. The number of hydrogen-bond donors (Lipinski definition) is 1. The van der Waals surface area contributed by atoms with Crippen molar-refractivity contribution < 1.29 is 0 Å². The van der Waals surface area contributed by atoms with Crippen molar-refractivity contribution in [3.8, 4) is 0 Å². The standard InChI is InChI=1S/C18H30N2/c1-14-7-5-10-18(13-14)12-11-15(2)19-20-16(3)8-6-9-17(20)4/h5,7,10,13,15-17,19H,6,8-9,11-12H2,1-4H3. The predicted molar refractivity (Wildman–Crippen MR) is 86.7 cm³/mol. The van der Waals surface area contributed by atoms with Gasteiger partial charge in [0.1, 0.15) is 0 Å². The van der Waals surface area contributed by atoms with Gasteiger partial charge in [0.05, 0.1) is 0 Å². The Kier molecular flexibility index (Phi) is 5.62. The molecule has 1 aromatic rings. The zero-order chi connectivity index (χ0) is 14.5. The lowest BCUT2D eigenvalue weighted by Crippen LogP contribution is -2.54. The normalized spacial score (nSPS) is 25.6. The van der Waals surface area contributed by atoms with Crippen LogP contribution in [0.1, 0.15) is 57.6 Å². The smallest absolute Gasteiger partial charge is 0.0218 e. The number of nitrogens with one attached hydrogen (secondary N) is 1. The average Bonchev–Trinajstić information content (AvgIpc) is 2.41. The maximum Gasteiger partial charge on any atom is 0.0218 e. The van der Waals surface area contributed by atoms with Gasteiger partial charge in [0, 0.05) is 18.1 Å². The minimum atomic E-state index is 0.540. The lowest BCUT2D eigenvalue weighted by atomic mass is 9.99. The summed E-state index contributed by atoms with van der Waals surface area (Å²) in [4.78, 5) is 0. The summed E-state index contributed by atoms with van der Waals surface area (Å²) in [5, 5.41) is 2.49. The van der Waals surface area contributed by atoms with Crippen LogP contribution in [-0.2, 0) is 6.42 Å². The molecule has 1 saturated heterocycles. The fraction of sp³-hybridized carbons (Fsp3) is 0.667. The third-order valence-electron chi connectivity index (χ3n) is 4.51. The van der Waals surface area contributed by atoms with Crippen LogP contribution >= 0.6 is 0 Å². The third-order valence-corrected chi connectivity index (χ3v) is 4.51. The summed E-state index contributed by atoms with van der Waals surface area (Å²) in [7, 11) is 0. The van der Waals surface area contributed by atoms with Gasteiger partial charge >= 0.3 is 0 Å². The number of piperidine rings is 1. The highest BCUT2D eigenvalue weighted by molar-refractivity contribution is 5.22. The van der Waals surface area contributed by atoms with E-state index < -0.39 is 0 Å². The number of rotatable bonds is 5. The fourth-order valence-electron chi connectivity index (χ4n) is 3.25. The van der Waals surface area contributed by atoms with E-state index in [0.717, 1.165) is 6.42 Å². The fourth-order valence-corrected chi connectivity index (χ4v) is 3.25. The van der Waals surface area contributed by atoms with Gasteiger partial charge < -0.3 is 0 Å². The van der Waals surface area contributed by atoms with Crippen LogP contribution in [0.15, 0.2) is 24.3 Å². The number of nitrogens with zero attached hydrogens (tertiary/aromatic N) is 1. The zero-order valence-corrected chi connectivity index (χ0v) is 13.5. The summed E-state index contributed by atoms with van der Waals surface area (Å²) in [6, 6.07) is 10.8. The van der Waals surface area contributed by atoms with Crippen molar-refractivity contribution in [3.63, 3.8) is 0 Å². The van der Waals surface area contributed by atoms with Crippen molar-refractivity contribution in [1.29, 1.82) is 0 Å². The Labute approximate surface area is 124 Å². The molecule has 0 aromatic heterocycles. The number of hydrogen-bond acceptors (Lipinski definition) is 2. The molecule has 0 bridgehead atoms.